The fourth-order valence-corrected chi connectivity index (χ4v) is 1.25. The van der Waals surface area contributed by atoms with E-state index in [4.69, 9.17) is 22.2 Å². The maximum atomic E-state index is 5.88. The van der Waals surface area contributed by atoms with Gasteiger partial charge in [-0.25, -0.2) is 4.98 Å². The standard InChI is InChI=1S/C12H14ClN3O/c1-4-9(13)11(5-2)17-12-6-8(3)10(16-14)7-15-12/h4-7,16H,1-2,14H2,3H3/b11-9-. The molecule has 3 N–H and O–H groups in total. The molecule has 0 unspecified atom stereocenters. The molecule has 1 aromatic heterocycles. The minimum Gasteiger partial charge on any atom is -0.437 e. The topological polar surface area (TPSA) is 60.2 Å². The number of rotatable bonds is 5. The van der Waals surface area contributed by atoms with Crippen molar-refractivity contribution in [3.8, 4) is 5.88 Å². The maximum Gasteiger partial charge on any atom is 0.219 e. The van der Waals surface area contributed by atoms with Crippen molar-refractivity contribution in [1.29, 1.82) is 0 Å². The number of anilines is 1. The van der Waals surface area contributed by atoms with Gasteiger partial charge in [0.15, 0.2) is 0 Å². The molecule has 0 amide bonds. The lowest BCUT2D eigenvalue weighted by Gasteiger charge is -2.09. The Balaban J connectivity index is 2.99. The third-order valence-corrected chi connectivity index (χ3v) is 2.40. The van der Waals surface area contributed by atoms with Gasteiger partial charge < -0.3 is 10.2 Å². The highest BCUT2D eigenvalue weighted by Gasteiger charge is 2.05. The molecule has 0 aliphatic rings. The third-order valence-electron chi connectivity index (χ3n) is 2.06. The number of halogens is 1. The molecular formula is C12H14ClN3O. The average Bonchev–Trinajstić information content (AvgIpc) is 2.35. The van der Waals surface area contributed by atoms with Crippen molar-refractivity contribution in [2.75, 3.05) is 5.43 Å². The van der Waals surface area contributed by atoms with Crippen molar-refractivity contribution < 1.29 is 4.74 Å². The van der Waals surface area contributed by atoms with E-state index in [0.717, 1.165) is 11.3 Å². The van der Waals surface area contributed by atoms with Crippen LogP contribution in [0.5, 0.6) is 5.88 Å². The van der Waals surface area contributed by atoms with E-state index < -0.39 is 0 Å². The van der Waals surface area contributed by atoms with Gasteiger partial charge in [0.25, 0.3) is 0 Å². The van der Waals surface area contributed by atoms with Crippen molar-refractivity contribution >= 4 is 17.3 Å². The number of hydrogen-bond donors (Lipinski definition) is 2. The van der Waals surface area contributed by atoms with E-state index in [1.807, 2.05) is 6.92 Å². The first-order chi connectivity index (χ1) is 8.12. The number of pyridine rings is 1. The van der Waals surface area contributed by atoms with Gasteiger partial charge in [0.1, 0.15) is 5.76 Å². The number of nitrogens with zero attached hydrogens (tertiary/aromatic N) is 1. The lowest BCUT2D eigenvalue weighted by molar-refractivity contribution is 0.425. The number of hydrogen-bond acceptors (Lipinski definition) is 4. The highest BCUT2D eigenvalue weighted by molar-refractivity contribution is 6.31. The van der Waals surface area contributed by atoms with E-state index >= 15 is 0 Å². The van der Waals surface area contributed by atoms with Gasteiger partial charge in [-0.15, -0.1) is 0 Å². The number of nitrogens with one attached hydrogen (secondary N) is 1. The number of aryl methyl sites for hydroxylation is 1. The smallest absolute Gasteiger partial charge is 0.219 e. The molecule has 4 nitrogen and oxygen atoms in total. The molecule has 17 heavy (non-hydrogen) atoms. The van der Waals surface area contributed by atoms with Gasteiger partial charge in [-0.1, -0.05) is 24.8 Å². The largest absolute Gasteiger partial charge is 0.437 e. The van der Waals surface area contributed by atoms with Gasteiger partial charge in [-0.2, -0.15) is 0 Å². The normalized spacial score (nSPS) is 11.5. The van der Waals surface area contributed by atoms with Crippen molar-refractivity contribution in [3.05, 3.63) is 53.9 Å². The lowest BCUT2D eigenvalue weighted by atomic mass is 10.2. The molecule has 0 saturated carbocycles. The Morgan fingerprint density at radius 2 is 2.24 bits per heavy atom. The van der Waals surface area contributed by atoms with Gasteiger partial charge in [0.2, 0.25) is 5.88 Å². The minimum absolute atomic E-state index is 0.375. The fraction of sp³-hybridized carbons (Fsp3) is 0.0833. The van der Waals surface area contributed by atoms with E-state index in [-0.39, 0.29) is 0 Å². The molecule has 0 atom stereocenters. The summed E-state index contributed by atoms with van der Waals surface area (Å²) in [5, 5.41) is 0.375. The number of aromatic nitrogens is 1. The summed E-state index contributed by atoms with van der Waals surface area (Å²) >= 11 is 5.88. The molecule has 1 aromatic rings. The van der Waals surface area contributed by atoms with Gasteiger partial charge in [-0.05, 0) is 24.6 Å². The van der Waals surface area contributed by atoms with Gasteiger partial charge in [0, 0.05) is 6.07 Å². The molecule has 0 radical (unpaired) electrons. The van der Waals surface area contributed by atoms with E-state index in [1.165, 1.54) is 12.2 Å². The molecule has 0 spiro atoms. The molecule has 90 valence electrons. The highest BCUT2D eigenvalue weighted by atomic mass is 35.5. The highest BCUT2D eigenvalue weighted by Crippen LogP contribution is 2.21. The summed E-state index contributed by atoms with van der Waals surface area (Å²) in [6.07, 6.45) is 4.55. The monoisotopic (exact) mass is 251 g/mol. The van der Waals surface area contributed by atoms with Crippen LogP contribution in [-0.2, 0) is 0 Å². The summed E-state index contributed by atoms with van der Waals surface area (Å²) < 4.78 is 5.48. The summed E-state index contributed by atoms with van der Waals surface area (Å²) in [7, 11) is 0. The van der Waals surface area contributed by atoms with Crippen LogP contribution < -0.4 is 16.0 Å². The molecule has 1 heterocycles. The zero-order chi connectivity index (χ0) is 12.8. The first kappa shape index (κ1) is 13.3. The van der Waals surface area contributed by atoms with Crippen LogP contribution in [-0.4, -0.2) is 4.98 Å². The summed E-state index contributed by atoms with van der Waals surface area (Å²) in [5.74, 6) is 6.13. The summed E-state index contributed by atoms with van der Waals surface area (Å²) in [6.45, 7) is 9.04. The predicted molar refractivity (Wildman–Crippen MR) is 70.7 cm³/mol. The van der Waals surface area contributed by atoms with Gasteiger partial charge in [0.05, 0.1) is 16.9 Å². The number of nitrogen functional groups attached to an aromatic ring is 1. The summed E-state index contributed by atoms with van der Waals surface area (Å²) in [4.78, 5) is 4.08. The predicted octanol–water partition coefficient (Wildman–Crippen LogP) is 2.88. The maximum absolute atomic E-state index is 5.88. The molecule has 0 aromatic carbocycles. The summed E-state index contributed by atoms with van der Waals surface area (Å²) in [6, 6.07) is 1.74. The Bertz CT molecular complexity index is 469. The Morgan fingerprint density at radius 3 is 2.71 bits per heavy atom. The van der Waals surface area contributed by atoms with Crippen LogP contribution in [0.3, 0.4) is 0 Å². The molecule has 0 bridgehead atoms. The van der Waals surface area contributed by atoms with Crippen LogP contribution in [0.1, 0.15) is 5.56 Å². The number of hydrazine groups is 1. The quantitative estimate of drug-likeness (QED) is 0.366. The SMILES string of the molecule is C=C/C(Cl)=C(\C=C)Oc1cc(C)c(NN)cn1. The Morgan fingerprint density at radius 1 is 1.53 bits per heavy atom. The van der Waals surface area contributed by atoms with Crippen LogP contribution in [0, 0.1) is 6.92 Å². The zero-order valence-electron chi connectivity index (χ0n) is 9.53. The molecular weight excluding hydrogens is 238 g/mol. The molecule has 0 saturated heterocycles. The molecule has 5 heteroatoms. The number of allylic oxidation sites excluding steroid dienone is 3. The van der Waals surface area contributed by atoms with E-state index in [1.54, 1.807) is 12.3 Å². The van der Waals surface area contributed by atoms with Crippen molar-refractivity contribution in [1.82, 2.24) is 4.98 Å². The number of nitrogens with two attached hydrogens (primary N) is 1. The van der Waals surface area contributed by atoms with Gasteiger partial charge >= 0.3 is 0 Å². The second-order valence-electron chi connectivity index (χ2n) is 3.20. The van der Waals surface area contributed by atoms with Gasteiger partial charge in [-0.3, -0.25) is 5.84 Å². The third kappa shape index (κ3) is 3.34. The Labute approximate surface area is 105 Å². The Hall–Kier alpha value is -1.78. The minimum atomic E-state index is 0.375. The molecule has 0 fully saturated rings. The van der Waals surface area contributed by atoms with E-state index in [2.05, 4.69) is 23.6 Å². The van der Waals surface area contributed by atoms with Crippen LogP contribution in [0.15, 0.2) is 48.4 Å². The molecule has 0 aliphatic carbocycles. The fourth-order valence-electron chi connectivity index (χ4n) is 1.14. The van der Waals surface area contributed by atoms with Crippen LogP contribution in [0.4, 0.5) is 5.69 Å². The molecule has 0 aliphatic heterocycles. The average molecular weight is 252 g/mol. The zero-order valence-corrected chi connectivity index (χ0v) is 10.3. The lowest BCUT2D eigenvalue weighted by Crippen LogP contribution is -2.08. The first-order valence-electron chi connectivity index (χ1n) is 4.88. The van der Waals surface area contributed by atoms with Crippen LogP contribution in [0.25, 0.3) is 0 Å². The van der Waals surface area contributed by atoms with Crippen molar-refractivity contribution in [3.63, 3.8) is 0 Å². The first-order valence-corrected chi connectivity index (χ1v) is 5.26. The molecule has 1 rings (SSSR count). The number of ether oxygens (including phenoxy) is 1. The van der Waals surface area contributed by atoms with E-state index in [9.17, 15) is 0 Å². The van der Waals surface area contributed by atoms with Crippen molar-refractivity contribution in [2.24, 2.45) is 5.84 Å². The Kier molecular flexibility index (Phi) is 4.75. The van der Waals surface area contributed by atoms with Crippen LogP contribution in [0.2, 0.25) is 0 Å². The second-order valence-corrected chi connectivity index (χ2v) is 3.61. The summed E-state index contributed by atoms with van der Waals surface area (Å²) in [5.41, 5.74) is 4.18. The van der Waals surface area contributed by atoms with Crippen LogP contribution >= 0.6 is 11.6 Å². The van der Waals surface area contributed by atoms with E-state index in [0.29, 0.717) is 16.7 Å². The second kappa shape index (κ2) is 6.08. The van der Waals surface area contributed by atoms with Crippen molar-refractivity contribution in [2.45, 2.75) is 6.92 Å².